The lowest BCUT2D eigenvalue weighted by Gasteiger charge is -2.71. The zero-order valence-corrected chi connectivity index (χ0v) is 21.2. The molecular formula is C29H50O. The van der Waals surface area contributed by atoms with Crippen molar-refractivity contribution in [3.05, 3.63) is 0 Å². The molecule has 0 amide bonds. The third-order valence-corrected chi connectivity index (χ3v) is 13.0. The number of aliphatic hydroxyl groups is 1. The van der Waals surface area contributed by atoms with Gasteiger partial charge in [-0.2, -0.15) is 0 Å². The van der Waals surface area contributed by atoms with Crippen molar-refractivity contribution in [1.82, 2.24) is 0 Å². The summed E-state index contributed by atoms with van der Waals surface area (Å²) in [6.45, 7) is 17.6. The van der Waals surface area contributed by atoms with Gasteiger partial charge in [-0.1, -0.05) is 41.0 Å². The summed E-state index contributed by atoms with van der Waals surface area (Å²) in [5, 5.41) is 10.9. The summed E-state index contributed by atoms with van der Waals surface area (Å²) in [5.74, 6) is 4.95. The van der Waals surface area contributed by atoms with Crippen LogP contribution in [0.15, 0.2) is 0 Å². The summed E-state index contributed by atoms with van der Waals surface area (Å²) < 4.78 is 0. The van der Waals surface area contributed by atoms with E-state index in [4.69, 9.17) is 0 Å². The van der Waals surface area contributed by atoms with Gasteiger partial charge in [0.15, 0.2) is 0 Å². The highest BCUT2D eigenvalue weighted by molar-refractivity contribution is 5.17. The Hall–Kier alpha value is -0.0400. The van der Waals surface area contributed by atoms with Crippen molar-refractivity contribution in [3.8, 4) is 0 Å². The van der Waals surface area contributed by atoms with Crippen molar-refractivity contribution in [1.29, 1.82) is 0 Å². The first-order valence-electron chi connectivity index (χ1n) is 13.6. The van der Waals surface area contributed by atoms with Gasteiger partial charge in [0, 0.05) is 0 Å². The summed E-state index contributed by atoms with van der Waals surface area (Å²) in [5.41, 5.74) is 1.64. The molecule has 9 atom stereocenters. The van der Waals surface area contributed by atoms with Crippen molar-refractivity contribution in [2.75, 3.05) is 0 Å². The van der Waals surface area contributed by atoms with E-state index in [0.29, 0.717) is 27.6 Å². The highest BCUT2D eigenvalue weighted by atomic mass is 16.3. The fourth-order valence-corrected chi connectivity index (χ4v) is 11.6. The molecule has 5 fully saturated rings. The minimum atomic E-state index is -0.493. The fourth-order valence-electron chi connectivity index (χ4n) is 11.6. The highest BCUT2D eigenvalue weighted by Gasteiger charge is 2.68. The number of hydrogen-bond acceptors (Lipinski definition) is 1. The first-order chi connectivity index (χ1) is 13.8. The second-order valence-electron chi connectivity index (χ2n) is 14.7. The van der Waals surface area contributed by atoms with Crippen LogP contribution in [-0.2, 0) is 0 Å². The van der Waals surface area contributed by atoms with E-state index in [1.54, 1.807) is 0 Å². The summed E-state index contributed by atoms with van der Waals surface area (Å²) in [7, 11) is 0. The topological polar surface area (TPSA) is 20.2 Å². The van der Waals surface area contributed by atoms with E-state index in [1.807, 2.05) is 0 Å². The van der Waals surface area contributed by atoms with Gasteiger partial charge in [0.05, 0.1) is 5.60 Å². The Morgan fingerprint density at radius 2 is 1.37 bits per heavy atom. The summed E-state index contributed by atoms with van der Waals surface area (Å²) in [6.07, 6.45) is 15.7. The van der Waals surface area contributed by atoms with Crippen LogP contribution in [0, 0.1) is 57.2 Å². The van der Waals surface area contributed by atoms with Crippen LogP contribution in [0.3, 0.4) is 0 Å². The highest BCUT2D eigenvalue weighted by Crippen LogP contribution is 2.75. The molecule has 5 saturated carbocycles. The van der Waals surface area contributed by atoms with Crippen molar-refractivity contribution < 1.29 is 5.11 Å². The zero-order chi connectivity index (χ0) is 21.7. The maximum atomic E-state index is 10.9. The fraction of sp³-hybridized carbons (Fsp3) is 1.00. The van der Waals surface area contributed by atoms with Crippen LogP contribution in [0.25, 0.3) is 0 Å². The van der Waals surface area contributed by atoms with Gasteiger partial charge in [-0.15, -0.1) is 0 Å². The first-order valence-corrected chi connectivity index (χ1v) is 13.6. The normalized spacial score (nSPS) is 55.2. The monoisotopic (exact) mass is 414 g/mol. The zero-order valence-electron chi connectivity index (χ0n) is 21.2. The standard InChI is InChI=1S/C29H50O/c1-25(2)15-8-16-27(5)23(25)14-18-29(7)24(27)12-11-22-19-9-10-21(26(3,4)30)20(19)13-17-28(22,29)6/h19-24,30H,8-18H2,1-7H3/t19-,20+,21-,22?,23?,24+,27-,28+,29+/m0/s1. The molecule has 0 spiro atoms. The molecule has 0 aromatic carbocycles. The van der Waals surface area contributed by atoms with E-state index in [0.717, 1.165) is 29.6 Å². The van der Waals surface area contributed by atoms with Gasteiger partial charge in [-0.05, 0) is 135 Å². The quantitative estimate of drug-likeness (QED) is 0.463. The van der Waals surface area contributed by atoms with Crippen molar-refractivity contribution >= 4 is 0 Å². The molecule has 2 unspecified atom stereocenters. The van der Waals surface area contributed by atoms with Gasteiger partial charge in [0.2, 0.25) is 0 Å². The lowest BCUT2D eigenvalue weighted by atomic mass is 9.33. The molecule has 0 heterocycles. The Kier molecular flexibility index (Phi) is 4.73. The van der Waals surface area contributed by atoms with E-state index in [2.05, 4.69) is 48.5 Å². The Morgan fingerprint density at radius 1 is 0.667 bits per heavy atom. The molecule has 1 nitrogen and oxygen atoms in total. The average Bonchev–Trinajstić information content (AvgIpc) is 3.06. The summed E-state index contributed by atoms with van der Waals surface area (Å²) in [6, 6.07) is 0. The summed E-state index contributed by atoms with van der Waals surface area (Å²) in [4.78, 5) is 0. The Morgan fingerprint density at radius 3 is 2.07 bits per heavy atom. The van der Waals surface area contributed by atoms with Gasteiger partial charge in [-0.3, -0.25) is 0 Å². The lowest BCUT2D eigenvalue weighted by molar-refractivity contribution is -0.228. The molecule has 30 heavy (non-hydrogen) atoms. The van der Waals surface area contributed by atoms with Crippen LogP contribution < -0.4 is 0 Å². The van der Waals surface area contributed by atoms with Crippen LogP contribution in [0.1, 0.15) is 119 Å². The molecule has 5 rings (SSSR count). The first kappa shape index (κ1) is 21.8. The molecule has 172 valence electrons. The minimum Gasteiger partial charge on any atom is -0.390 e. The van der Waals surface area contributed by atoms with Gasteiger partial charge in [0.25, 0.3) is 0 Å². The second-order valence-corrected chi connectivity index (χ2v) is 14.7. The van der Waals surface area contributed by atoms with E-state index >= 15 is 0 Å². The van der Waals surface area contributed by atoms with Gasteiger partial charge in [-0.25, -0.2) is 0 Å². The molecular weight excluding hydrogens is 364 g/mol. The Bertz CT molecular complexity index is 687. The largest absolute Gasteiger partial charge is 0.390 e. The number of rotatable bonds is 1. The maximum Gasteiger partial charge on any atom is 0.0622 e. The van der Waals surface area contributed by atoms with E-state index in [1.165, 1.54) is 70.6 Å². The maximum absolute atomic E-state index is 10.9. The summed E-state index contributed by atoms with van der Waals surface area (Å²) >= 11 is 0. The molecule has 5 aliphatic rings. The molecule has 0 bridgehead atoms. The molecule has 0 radical (unpaired) electrons. The molecule has 0 aromatic rings. The Labute approximate surface area is 187 Å². The van der Waals surface area contributed by atoms with E-state index in [-0.39, 0.29) is 0 Å². The van der Waals surface area contributed by atoms with Crippen LogP contribution >= 0.6 is 0 Å². The van der Waals surface area contributed by atoms with Crippen LogP contribution in [0.2, 0.25) is 0 Å². The SMILES string of the molecule is CC1(C)CCC[C@@]2(C)C1CC[C@]1(C)[C@@H]2CCC2[C@H]3CC[C@H](C(C)(C)O)[C@@H]3CC[C@]21C. The van der Waals surface area contributed by atoms with E-state index < -0.39 is 5.60 Å². The minimum absolute atomic E-state index is 0.493. The van der Waals surface area contributed by atoms with Crippen molar-refractivity contribution in [2.24, 2.45) is 57.2 Å². The third-order valence-electron chi connectivity index (χ3n) is 13.0. The van der Waals surface area contributed by atoms with Gasteiger partial charge >= 0.3 is 0 Å². The third kappa shape index (κ3) is 2.69. The number of hydrogen-bond donors (Lipinski definition) is 1. The van der Waals surface area contributed by atoms with Gasteiger partial charge < -0.3 is 5.11 Å². The predicted octanol–water partition coefficient (Wildman–Crippen LogP) is 7.86. The van der Waals surface area contributed by atoms with Gasteiger partial charge in [0.1, 0.15) is 0 Å². The average molecular weight is 415 g/mol. The molecule has 0 aromatic heterocycles. The molecule has 0 saturated heterocycles. The predicted molar refractivity (Wildman–Crippen MR) is 126 cm³/mol. The number of fused-ring (bicyclic) bond motifs is 7. The molecule has 1 heteroatoms. The second kappa shape index (κ2) is 6.51. The molecule has 1 N–H and O–H groups in total. The van der Waals surface area contributed by atoms with Crippen molar-refractivity contribution in [3.63, 3.8) is 0 Å². The molecule has 5 aliphatic carbocycles. The van der Waals surface area contributed by atoms with E-state index in [9.17, 15) is 5.11 Å². The Balaban J connectivity index is 1.48. The lowest BCUT2D eigenvalue weighted by Crippen LogP contribution is -2.64. The smallest absolute Gasteiger partial charge is 0.0622 e. The van der Waals surface area contributed by atoms with Crippen molar-refractivity contribution in [2.45, 2.75) is 125 Å². The van der Waals surface area contributed by atoms with Crippen LogP contribution in [0.4, 0.5) is 0 Å². The van der Waals surface area contributed by atoms with Crippen LogP contribution in [0.5, 0.6) is 0 Å². The molecule has 0 aliphatic heterocycles. The van der Waals surface area contributed by atoms with Crippen LogP contribution in [-0.4, -0.2) is 10.7 Å².